The second-order valence-electron chi connectivity index (χ2n) is 5.69. The van der Waals surface area contributed by atoms with Crippen molar-refractivity contribution >= 4 is 5.97 Å². The van der Waals surface area contributed by atoms with Gasteiger partial charge in [0.05, 0.1) is 19.6 Å². The molecule has 4 N–H and O–H groups in total. The molecule has 0 spiro atoms. The van der Waals surface area contributed by atoms with Crippen LogP contribution in [0.2, 0.25) is 0 Å². The van der Waals surface area contributed by atoms with Crippen LogP contribution >= 0.6 is 0 Å². The second-order valence-corrected chi connectivity index (χ2v) is 5.69. The maximum absolute atomic E-state index is 12.5. The first-order valence-corrected chi connectivity index (χ1v) is 8.00. The summed E-state index contributed by atoms with van der Waals surface area (Å²) in [5.74, 6) is -0.710. The third kappa shape index (κ3) is 2.99. The number of methoxy groups -OCH3 is 1. The monoisotopic (exact) mass is 357 g/mol. The molecular formula is C19H19NO6. The van der Waals surface area contributed by atoms with Gasteiger partial charge in [-0.3, -0.25) is 0 Å². The van der Waals surface area contributed by atoms with Gasteiger partial charge in [0.15, 0.2) is 11.5 Å². The zero-order valence-corrected chi connectivity index (χ0v) is 14.4. The summed E-state index contributed by atoms with van der Waals surface area (Å²) in [7, 11) is 1.44. The van der Waals surface area contributed by atoms with Gasteiger partial charge in [0, 0.05) is 11.6 Å². The Morgan fingerprint density at radius 1 is 1.23 bits per heavy atom. The Balaban J connectivity index is 2.21. The Hall–Kier alpha value is -3.35. The molecule has 0 amide bonds. The highest BCUT2D eigenvalue weighted by atomic mass is 16.5. The number of nitrogens with two attached hydrogens (primary N) is 1. The minimum atomic E-state index is -0.604. The quantitative estimate of drug-likeness (QED) is 0.720. The van der Waals surface area contributed by atoms with Crippen molar-refractivity contribution in [2.75, 3.05) is 13.7 Å². The first-order chi connectivity index (χ1) is 12.5. The van der Waals surface area contributed by atoms with Crippen molar-refractivity contribution < 1.29 is 29.2 Å². The van der Waals surface area contributed by atoms with Crippen molar-refractivity contribution in [2.24, 2.45) is 5.73 Å². The summed E-state index contributed by atoms with van der Waals surface area (Å²) in [4.78, 5) is 12.5. The molecular weight excluding hydrogens is 338 g/mol. The maximum atomic E-state index is 12.5. The Morgan fingerprint density at radius 2 is 2.00 bits per heavy atom. The summed E-state index contributed by atoms with van der Waals surface area (Å²) in [6.45, 7) is 1.88. The molecule has 2 aromatic rings. The average Bonchev–Trinajstić information content (AvgIpc) is 2.61. The van der Waals surface area contributed by atoms with E-state index in [4.69, 9.17) is 19.9 Å². The summed E-state index contributed by atoms with van der Waals surface area (Å²) < 4.78 is 15.8. The van der Waals surface area contributed by atoms with Gasteiger partial charge in [-0.15, -0.1) is 0 Å². The van der Waals surface area contributed by atoms with Crippen molar-refractivity contribution in [2.45, 2.75) is 12.8 Å². The lowest BCUT2D eigenvalue weighted by atomic mass is 9.83. The Kier molecular flexibility index (Phi) is 4.62. The number of hydrogen-bond donors (Lipinski definition) is 3. The van der Waals surface area contributed by atoms with Gasteiger partial charge in [-0.2, -0.15) is 0 Å². The molecule has 0 fully saturated rings. The molecule has 2 aromatic carbocycles. The second kappa shape index (κ2) is 6.87. The van der Waals surface area contributed by atoms with Gasteiger partial charge in [-0.05, 0) is 30.7 Å². The number of rotatable bonds is 4. The summed E-state index contributed by atoms with van der Waals surface area (Å²) in [6, 6.07) is 9.33. The average molecular weight is 357 g/mol. The van der Waals surface area contributed by atoms with E-state index in [9.17, 15) is 15.0 Å². The lowest BCUT2D eigenvalue weighted by Gasteiger charge is -2.28. The number of fused-ring (bicyclic) bond motifs is 1. The Labute approximate surface area is 150 Å². The summed E-state index contributed by atoms with van der Waals surface area (Å²) in [5, 5.41) is 19.6. The topological polar surface area (TPSA) is 111 Å². The predicted octanol–water partition coefficient (Wildman–Crippen LogP) is 2.36. The van der Waals surface area contributed by atoms with Crippen LogP contribution in [0.25, 0.3) is 0 Å². The van der Waals surface area contributed by atoms with Crippen molar-refractivity contribution in [1.29, 1.82) is 0 Å². The molecule has 1 heterocycles. The molecule has 26 heavy (non-hydrogen) atoms. The molecule has 0 aromatic heterocycles. The van der Waals surface area contributed by atoms with E-state index in [1.54, 1.807) is 25.1 Å². The van der Waals surface area contributed by atoms with Gasteiger partial charge in [-0.1, -0.05) is 12.1 Å². The first-order valence-electron chi connectivity index (χ1n) is 8.00. The minimum absolute atomic E-state index is 0.0122. The van der Waals surface area contributed by atoms with Crippen molar-refractivity contribution in [3.8, 4) is 23.0 Å². The molecule has 7 nitrogen and oxygen atoms in total. The number of carbonyl (C=O) groups excluding carboxylic acids is 1. The normalized spacial score (nSPS) is 15.8. The summed E-state index contributed by atoms with van der Waals surface area (Å²) >= 11 is 0. The van der Waals surface area contributed by atoms with Gasteiger partial charge in [0.2, 0.25) is 5.88 Å². The molecule has 1 aliphatic heterocycles. The van der Waals surface area contributed by atoms with Crippen LogP contribution in [-0.4, -0.2) is 29.9 Å². The fraction of sp³-hybridized carbons (Fsp3) is 0.211. The van der Waals surface area contributed by atoms with Gasteiger partial charge >= 0.3 is 5.97 Å². The largest absolute Gasteiger partial charge is 0.508 e. The lowest BCUT2D eigenvalue weighted by molar-refractivity contribution is -0.139. The number of hydrogen-bond acceptors (Lipinski definition) is 7. The van der Waals surface area contributed by atoms with E-state index in [2.05, 4.69) is 0 Å². The maximum Gasteiger partial charge on any atom is 0.340 e. The van der Waals surface area contributed by atoms with E-state index in [0.29, 0.717) is 16.9 Å². The van der Waals surface area contributed by atoms with Crippen LogP contribution in [0, 0.1) is 0 Å². The van der Waals surface area contributed by atoms with Crippen LogP contribution in [0.5, 0.6) is 23.0 Å². The van der Waals surface area contributed by atoms with Crippen LogP contribution in [0.1, 0.15) is 24.0 Å². The Bertz CT molecular complexity index is 890. The van der Waals surface area contributed by atoms with E-state index in [1.165, 1.54) is 25.3 Å². The van der Waals surface area contributed by atoms with Gasteiger partial charge in [-0.25, -0.2) is 4.79 Å². The fourth-order valence-corrected chi connectivity index (χ4v) is 2.97. The highest BCUT2D eigenvalue weighted by Gasteiger charge is 2.36. The van der Waals surface area contributed by atoms with E-state index in [1.807, 2.05) is 0 Å². The number of ether oxygens (including phenoxy) is 3. The van der Waals surface area contributed by atoms with E-state index < -0.39 is 11.9 Å². The van der Waals surface area contributed by atoms with E-state index in [-0.39, 0.29) is 35.3 Å². The number of benzene rings is 2. The summed E-state index contributed by atoms with van der Waals surface area (Å²) in [5.41, 5.74) is 7.43. The van der Waals surface area contributed by atoms with Crippen LogP contribution in [0.4, 0.5) is 0 Å². The highest BCUT2D eigenvalue weighted by Crippen LogP contribution is 2.45. The SMILES string of the molecule is CCOC(=O)C1=C(N)Oc2cc(O)ccc2C1c1ccc(O)c(OC)c1. The van der Waals surface area contributed by atoms with Gasteiger partial charge in [0.25, 0.3) is 0 Å². The Morgan fingerprint density at radius 3 is 2.69 bits per heavy atom. The molecule has 1 aliphatic rings. The molecule has 1 unspecified atom stereocenters. The predicted molar refractivity (Wildman–Crippen MR) is 93.1 cm³/mol. The van der Waals surface area contributed by atoms with Crippen LogP contribution in [0.3, 0.4) is 0 Å². The molecule has 3 rings (SSSR count). The van der Waals surface area contributed by atoms with Crippen LogP contribution < -0.4 is 15.2 Å². The van der Waals surface area contributed by atoms with Crippen LogP contribution in [0.15, 0.2) is 47.9 Å². The number of phenols is 2. The zero-order valence-electron chi connectivity index (χ0n) is 14.4. The molecule has 0 radical (unpaired) electrons. The van der Waals surface area contributed by atoms with E-state index in [0.717, 1.165) is 0 Å². The number of phenolic OH excluding ortho intramolecular Hbond substituents is 2. The standard InChI is InChI=1S/C19H19NO6/c1-3-25-19(23)17-16(10-4-7-13(22)15(8-10)24-2)12-6-5-11(21)9-14(12)26-18(17)20/h4-9,16,21-22H,3,20H2,1-2H3. The van der Waals surface area contributed by atoms with Crippen molar-refractivity contribution in [3.63, 3.8) is 0 Å². The number of aromatic hydroxyl groups is 2. The van der Waals surface area contributed by atoms with Crippen LogP contribution in [-0.2, 0) is 9.53 Å². The number of carbonyl (C=O) groups is 1. The molecule has 0 aliphatic carbocycles. The van der Waals surface area contributed by atoms with Crippen molar-refractivity contribution in [3.05, 3.63) is 59.0 Å². The molecule has 0 saturated carbocycles. The smallest absolute Gasteiger partial charge is 0.340 e. The van der Waals surface area contributed by atoms with Gasteiger partial charge < -0.3 is 30.2 Å². The third-order valence-corrected chi connectivity index (χ3v) is 4.11. The molecule has 1 atom stereocenters. The minimum Gasteiger partial charge on any atom is -0.508 e. The van der Waals surface area contributed by atoms with Crippen molar-refractivity contribution in [1.82, 2.24) is 0 Å². The number of esters is 1. The molecule has 0 bridgehead atoms. The lowest BCUT2D eigenvalue weighted by Crippen LogP contribution is -2.27. The fourth-order valence-electron chi connectivity index (χ4n) is 2.97. The zero-order chi connectivity index (χ0) is 18.8. The molecule has 0 saturated heterocycles. The molecule has 7 heteroatoms. The first kappa shape index (κ1) is 17.5. The highest BCUT2D eigenvalue weighted by molar-refractivity contribution is 5.92. The third-order valence-electron chi connectivity index (χ3n) is 4.11. The molecule has 136 valence electrons. The summed E-state index contributed by atoms with van der Waals surface area (Å²) in [6.07, 6.45) is 0. The van der Waals surface area contributed by atoms with E-state index >= 15 is 0 Å². The van der Waals surface area contributed by atoms with Gasteiger partial charge in [0.1, 0.15) is 17.1 Å².